The van der Waals surface area contributed by atoms with E-state index in [1.165, 1.54) is 11.3 Å². The molecule has 0 unspecified atom stereocenters. The van der Waals surface area contributed by atoms with Crippen molar-refractivity contribution in [3.63, 3.8) is 0 Å². The number of carbonyl (C=O) groups excluding carboxylic acids is 1. The van der Waals surface area contributed by atoms with Crippen molar-refractivity contribution >= 4 is 28.1 Å². The van der Waals surface area contributed by atoms with Crippen molar-refractivity contribution in [2.75, 3.05) is 18.2 Å². The molecule has 1 amide bonds. The summed E-state index contributed by atoms with van der Waals surface area (Å²) in [5, 5.41) is 3.17. The zero-order valence-electron chi connectivity index (χ0n) is 10.1. The molecule has 6 heteroatoms. The number of aromatic nitrogens is 1. The van der Waals surface area contributed by atoms with Crippen LogP contribution in [0.15, 0.2) is 24.3 Å². The van der Waals surface area contributed by atoms with Crippen LogP contribution in [-0.2, 0) is 0 Å². The number of nitrogens with zero attached hydrogens (tertiary/aromatic N) is 1. The van der Waals surface area contributed by atoms with Crippen LogP contribution in [0, 0.1) is 6.92 Å². The van der Waals surface area contributed by atoms with E-state index < -0.39 is 0 Å². The molecular weight excluding hydrogens is 250 g/mol. The highest BCUT2D eigenvalue weighted by molar-refractivity contribution is 7.17. The molecule has 1 heterocycles. The van der Waals surface area contributed by atoms with Crippen LogP contribution in [0.5, 0.6) is 5.75 Å². The van der Waals surface area contributed by atoms with Crippen LogP contribution in [0.1, 0.15) is 15.4 Å². The molecule has 2 aromatic rings. The average molecular weight is 263 g/mol. The van der Waals surface area contributed by atoms with E-state index in [1.807, 2.05) is 12.1 Å². The first kappa shape index (κ1) is 12.4. The van der Waals surface area contributed by atoms with Gasteiger partial charge in [-0.25, -0.2) is 4.98 Å². The molecule has 1 aromatic heterocycles. The lowest BCUT2D eigenvalue weighted by molar-refractivity contribution is 0.102. The van der Waals surface area contributed by atoms with Crippen LogP contribution in [0.2, 0.25) is 0 Å². The third-order valence-electron chi connectivity index (χ3n) is 2.37. The molecule has 94 valence electrons. The second kappa shape index (κ2) is 5.05. The molecule has 0 fully saturated rings. The van der Waals surface area contributed by atoms with Gasteiger partial charge in [0.15, 0.2) is 5.13 Å². The fourth-order valence-electron chi connectivity index (χ4n) is 1.55. The Morgan fingerprint density at radius 2 is 2.17 bits per heavy atom. The maximum Gasteiger partial charge on any atom is 0.267 e. The lowest BCUT2D eigenvalue weighted by atomic mass is 10.3. The summed E-state index contributed by atoms with van der Waals surface area (Å²) < 4.78 is 5.17. The largest absolute Gasteiger partial charge is 0.495 e. The van der Waals surface area contributed by atoms with Crippen molar-refractivity contribution in [2.24, 2.45) is 0 Å². The van der Waals surface area contributed by atoms with E-state index in [0.717, 1.165) is 0 Å². The number of benzene rings is 1. The highest BCUT2D eigenvalue weighted by atomic mass is 32.1. The lowest BCUT2D eigenvalue weighted by Crippen LogP contribution is -2.12. The molecule has 0 radical (unpaired) electrons. The minimum atomic E-state index is -0.230. The quantitative estimate of drug-likeness (QED) is 0.890. The van der Waals surface area contributed by atoms with Gasteiger partial charge in [-0.3, -0.25) is 4.79 Å². The highest BCUT2D eigenvalue weighted by Crippen LogP contribution is 2.26. The molecule has 0 aliphatic rings. The van der Waals surface area contributed by atoms with Crippen molar-refractivity contribution in [1.29, 1.82) is 0 Å². The third-order valence-corrected chi connectivity index (χ3v) is 3.36. The van der Waals surface area contributed by atoms with Gasteiger partial charge >= 0.3 is 0 Å². The van der Waals surface area contributed by atoms with Gasteiger partial charge in [0.2, 0.25) is 0 Å². The third kappa shape index (κ3) is 2.43. The minimum absolute atomic E-state index is 0.230. The van der Waals surface area contributed by atoms with Crippen LogP contribution in [0.25, 0.3) is 0 Å². The Labute approximate surface area is 109 Å². The maximum atomic E-state index is 12.1. The molecule has 0 bridgehead atoms. The maximum absolute atomic E-state index is 12.1. The number of methoxy groups -OCH3 is 1. The number of nitrogen functional groups attached to an aromatic ring is 1. The Kier molecular flexibility index (Phi) is 3.47. The van der Waals surface area contributed by atoms with Crippen LogP contribution in [0.4, 0.5) is 10.8 Å². The number of thiazole rings is 1. The molecule has 3 N–H and O–H groups in total. The van der Waals surface area contributed by atoms with Crippen LogP contribution in [-0.4, -0.2) is 18.0 Å². The van der Waals surface area contributed by atoms with Gasteiger partial charge in [-0.2, -0.15) is 0 Å². The second-order valence-electron chi connectivity index (χ2n) is 3.62. The van der Waals surface area contributed by atoms with Gasteiger partial charge < -0.3 is 15.8 Å². The first-order valence-corrected chi connectivity index (χ1v) is 6.10. The smallest absolute Gasteiger partial charge is 0.267 e. The van der Waals surface area contributed by atoms with Crippen molar-refractivity contribution in [1.82, 2.24) is 4.98 Å². The molecular formula is C12H13N3O2S. The van der Waals surface area contributed by atoms with Gasteiger partial charge in [-0.15, -0.1) is 0 Å². The Morgan fingerprint density at radius 3 is 2.78 bits per heavy atom. The molecule has 2 rings (SSSR count). The summed E-state index contributed by atoms with van der Waals surface area (Å²) in [5.74, 6) is 0.382. The van der Waals surface area contributed by atoms with Crippen molar-refractivity contribution in [2.45, 2.75) is 6.92 Å². The minimum Gasteiger partial charge on any atom is -0.495 e. The topological polar surface area (TPSA) is 77.2 Å². The fourth-order valence-corrected chi connectivity index (χ4v) is 2.28. The normalized spacial score (nSPS) is 10.1. The lowest BCUT2D eigenvalue weighted by Gasteiger charge is -2.08. The standard InChI is InChI=1S/C12H13N3O2S/c1-7-10(18-12(13)14-7)11(16)15-8-5-3-4-6-9(8)17-2/h3-6H,1-2H3,(H2,13,14)(H,15,16). The van der Waals surface area contributed by atoms with E-state index in [2.05, 4.69) is 10.3 Å². The Morgan fingerprint density at radius 1 is 1.44 bits per heavy atom. The summed E-state index contributed by atoms with van der Waals surface area (Å²) in [6.07, 6.45) is 0. The van der Waals surface area contributed by atoms with Gasteiger partial charge in [-0.1, -0.05) is 23.5 Å². The number of hydrogen-bond donors (Lipinski definition) is 2. The molecule has 0 aliphatic carbocycles. The van der Waals surface area contributed by atoms with Gasteiger partial charge in [0, 0.05) is 0 Å². The van der Waals surface area contributed by atoms with Crippen molar-refractivity contribution < 1.29 is 9.53 Å². The molecule has 0 spiro atoms. The van der Waals surface area contributed by atoms with Crippen LogP contribution < -0.4 is 15.8 Å². The number of nitrogens with two attached hydrogens (primary N) is 1. The molecule has 1 aromatic carbocycles. The molecule has 0 saturated heterocycles. The summed E-state index contributed by atoms with van der Waals surface area (Å²) in [6, 6.07) is 7.22. The van der Waals surface area contributed by atoms with Crippen LogP contribution in [0.3, 0.4) is 0 Å². The SMILES string of the molecule is COc1ccccc1NC(=O)c1sc(N)nc1C. The number of anilines is 2. The van der Waals surface area contributed by atoms with Gasteiger partial charge in [0.1, 0.15) is 10.6 Å². The first-order valence-electron chi connectivity index (χ1n) is 5.29. The van der Waals surface area contributed by atoms with E-state index in [9.17, 15) is 4.79 Å². The second-order valence-corrected chi connectivity index (χ2v) is 4.65. The number of hydrogen-bond acceptors (Lipinski definition) is 5. The summed E-state index contributed by atoms with van der Waals surface area (Å²) in [4.78, 5) is 16.6. The summed E-state index contributed by atoms with van der Waals surface area (Å²) in [6.45, 7) is 1.75. The molecule has 18 heavy (non-hydrogen) atoms. The summed E-state index contributed by atoms with van der Waals surface area (Å²) in [5.41, 5.74) is 6.82. The first-order chi connectivity index (χ1) is 8.61. The van der Waals surface area contributed by atoms with Crippen molar-refractivity contribution in [3.8, 4) is 5.75 Å². The number of amides is 1. The number of rotatable bonds is 3. The Hall–Kier alpha value is -2.08. The Bertz CT molecular complexity index is 580. The zero-order valence-corrected chi connectivity index (χ0v) is 10.9. The predicted octanol–water partition coefficient (Wildman–Crippen LogP) is 2.29. The van der Waals surface area contributed by atoms with E-state index >= 15 is 0 Å². The number of para-hydroxylation sites is 2. The average Bonchev–Trinajstić information content (AvgIpc) is 2.69. The molecule has 0 saturated carbocycles. The van der Waals surface area contributed by atoms with E-state index in [1.54, 1.807) is 26.2 Å². The van der Waals surface area contributed by atoms with E-state index in [0.29, 0.717) is 27.1 Å². The monoisotopic (exact) mass is 263 g/mol. The van der Waals surface area contributed by atoms with E-state index in [4.69, 9.17) is 10.5 Å². The number of aryl methyl sites for hydroxylation is 1. The van der Waals surface area contributed by atoms with Gasteiger partial charge in [0.25, 0.3) is 5.91 Å². The number of ether oxygens (including phenoxy) is 1. The van der Waals surface area contributed by atoms with Gasteiger partial charge in [0.05, 0.1) is 18.5 Å². The number of carbonyl (C=O) groups is 1. The van der Waals surface area contributed by atoms with Gasteiger partial charge in [-0.05, 0) is 19.1 Å². The summed E-state index contributed by atoms with van der Waals surface area (Å²) >= 11 is 1.17. The Balaban J connectivity index is 2.24. The molecule has 5 nitrogen and oxygen atoms in total. The fraction of sp³-hybridized carbons (Fsp3) is 0.167. The predicted molar refractivity (Wildman–Crippen MR) is 72.2 cm³/mol. The summed E-state index contributed by atoms with van der Waals surface area (Å²) in [7, 11) is 1.56. The van der Waals surface area contributed by atoms with E-state index in [-0.39, 0.29) is 5.91 Å². The molecule has 0 aliphatic heterocycles. The number of nitrogens with one attached hydrogen (secondary N) is 1. The molecule has 0 atom stereocenters. The van der Waals surface area contributed by atoms with Crippen molar-refractivity contribution in [3.05, 3.63) is 34.8 Å². The van der Waals surface area contributed by atoms with Crippen LogP contribution >= 0.6 is 11.3 Å². The zero-order chi connectivity index (χ0) is 13.1. The highest BCUT2D eigenvalue weighted by Gasteiger charge is 2.15.